The molecule has 0 saturated carbocycles. The van der Waals surface area contributed by atoms with Crippen LogP contribution in [0.3, 0.4) is 0 Å². The predicted octanol–water partition coefficient (Wildman–Crippen LogP) is 3.10. The van der Waals surface area contributed by atoms with Crippen LogP contribution in [0.2, 0.25) is 0 Å². The van der Waals surface area contributed by atoms with Crippen LogP contribution in [0.5, 0.6) is 0 Å². The average Bonchev–Trinajstić information content (AvgIpc) is 3.24. The molecule has 0 radical (unpaired) electrons. The van der Waals surface area contributed by atoms with Gasteiger partial charge in [-0.2, -0.15) is 5.10 Å². The van der Waals surface area contributed by atoms with Crippen molar-refractivity contribution < 1.29 is 13.9 Å². The molecular weight excluding hydrogens is 309 g/mol. The van der Waals surface area contributed by atoms with Gasteiger partial charge in [-0.05, 0) is 25.0 Å². The Bertz CT molecular complexity index is 701. The van der Waals surface area contributed by atoms with Gasteiger partial charge in [0.05, 0.1) is 24.1 Å². The molecule has 1 amide bonds. The number of aromatic nitrogens is 2. The van der Waals surface area contributed by atoms with E-state index >= 15 is 0 Å². The largest absolute Gasteiger partial charge is 0.381 e. The number of hydrogen-bond acceptors (Lipinski definition) is 3. The van der Waals surface area contributed by atoms with Crippen LogP contribution in [0.1, 0.15) is 30.1 Å². The van der Waals surface area contributed by atoms with Crippen LogP contribution in [0, 0.1) is 11.7 Å². The third-order valence-electron chi connectivity index (χ3n) is 4.26. The maximum Gasteiger partial charge on any atom is 0.257 e. The molecule has 1 fully saturated rings. The van der Waals surface area contributed by atoms with Gasteiger partial charge in [0.2, 0.25) is 0 Å². The number of nitrogens with zero attached hydrogens (tertiary/aromatic N) is 2. The number of amides is 1. The first-order valence-corrected chi connectivity index (χ1v) is 8.35. The first-order chi connectivity index (χ1) is 11.7. The van der Waals surface area contributed by atoms with E-state index in [-0.39, 0.29) is 11.7 Å². The van der Waals surface area contributed by atoms with E-state index in [9.17, 15) is 9.18 Å². The Kier molecular flexibility index (Phi) is 5.25. The van der Waals surface area contributed by atoms with Gasteiger partial charge in [-0.1, -0.05) is 19.1 Å². The minimum atomic E-state index is -0.338. The van der Waals surface area contributed by atoms with Crippen LogP contribution in [0.15, 0.2) is 30.5 Å². The van der Waals surface area contributed by atoms with Crippen LogP contribution in [0.4, 0.5) is 4.39 Å². The normalized spacial score (nSPS) is 17.4. The molecule has 1 atom stereocenters. The minimum Gasteiger partial charge on any atom is -0.381 e. The summed E-state index contributed by atoms with van der Waals surface area (Å²) in [6, 6.07) is 6.16. The molecule has 0 aliphatic carbocycles. The SMILES string of the molecule is CCCOCC1CCN(C(=O)c2cn[nH]c2-c2cccc(F)c2)C1. The van der Waals surface area contributed by atoms with E-state index in [1.807, 2.05) is 4.90 Å². The number of carbonyl (C=O) groups is 1. The number of H-pyrrole nitrogens is 1. The highest BCUT2D eigenvalue weighted by atomic mass is 19.1. The van der Waals surface area contributed by atoms with E-state index in [0.29, 0.717) is 42.4 Å². The molecule has 1 aliphatic heterocycles. The second-order valence-corrected chi connectivity index (χ2v) is 6.15. The van der Waals surface area contributed by atoms with Crippen LogP contribution in [-0.2, 0) is 4.74 Å². The van der Waals surface area contributed by atoms with Crippen molar-refractivity contribution in [1.29, 1.82) is 0 Å². The fourth-order valence-electron chi connectivity index (χ4n) is 3.03. The Hall–Kier alpha value is -2.21. The Morgan fingerprint density at radius 2 is 2.38 bits per heavy atom. The number of nitrogens with one attached hydrogen (secondary N) is 1. The molecule has 0 spiro atoms. The topological polar surface area (TPSA) is 58.2 Å². The molecule has 1 unspecified atom stereocenters. The van der Waals surface area contributed by atoms with Gasteiger partial charge in [0.15, 0.2) is 0 Å². The summed E-state index contributed by atoms with van der Waals surface area (Å²) in [6.45, 7) is 4.94. The molecule has 1 aromatic heterocycles. The van der Waals surface area contributed by atoms with E-state index in [2.05, 4.69) is 17.1 Å². The van der Waals surface area contributed by atoms with Crippen molar-refractivity contribution in [2.24, 2.45) is 5.92 Å². The Labute approximate surface area is 140 Å². The Balaban J connectivity index is 1.70. The van der Waals surface area contributed by atoms with Crippen LogP contribution < -0.4 is 0 Å². The molecule has 6 heteroatoms. The molecule has 128 valence electrons. The van der Waals surface area contributed by atoms with Crippen molar-refractivity contribution in [1.82, 2.24) is 15.1 Å². The van der Waals surface area contributed by atoms with E-state index in [1.165, 1.54) is 18.3 Å². The van der Waals surface area contributed by atoms with E-state index in [1.54, 1.807) is 12.1 Å². The smallest absolute Gasteiger partial charge is 0.257 e. The van der Waals surface area contributed by atoms with Crippen molar-refractivity contribution >= 4 is 5.91 Å². The summed E-state index contributed by atoms with van der Waals surface area (Å²) in [5.74, 6) is -0.0270. The number of halogens is 1. The number of carbonyl (C=O) groups excluding carboxylic acids is 1. The molecule has 3 rings (SSSR count). The van der Waals surface area contributed by atoms with E-state index in [0.717, 1.165) is 19.4 Å². The maximum absolute atomic E-state index is 13.4. The molecule has 0 bridgehead atoms. The highest BCUT2D eigenvalue weighted by molar-refractivity contribution is 5.99. The lowest BCUT2D eigenvalue weighted by atomic mass is 10.1. The van der Waals surface area contributed by atoms with E-state index < -0.39 is 0 Å². The Morgan fingerprint density at radius 1 is 1.50 bits per heavy atom. The maximum atomic E-state index is 13.4. The molecule has 1 aromatic carbocycles. The zero-order chi connectivity index (χ0) is 16.9. The third-order valence-corrected chi connectivity index (χ3v) is 4.26. The van der Waals surface area contributed by atoms with Gasteiger partial charge >= 0.3 is 0 Å². The predicted molar refractivity (Wildman–Crippen MR) is 89.1 cm³/mol. The van der Waals surface area contributed by atoms with Gasteiger partial charge in [-0.25, -0.2) is 4.39 Å². The number of ether oxygens (including phenoxy) is 1. The molecule has 24 heavy (non-hydrogen) atoms. The monoisotopic (exact) mass is 331 g/mol. The molecule has 1 aliphatic rings. The summed E-state index contributed by atoms with van der Waals surface area (Å²) < 4.78 is 19.0. The van der Waals surface area contributed by atoms with Gasteiger partial charge in [0.25, 0.3) is 5.91 Å². The summed E-state index contributed by atoms with van der Waals surface area (Å²) in [5, 5.41) is 6.80. The van der Waals surface area contributed by atoms with Crippen LogP contribution in [-0.4, -0.2) is 47.3 Å². The quantitative estimate of drug-likeness (QED) is 0.828. The average molecular weight is 331 g/mol. The van der Waals surface area contributed by atoms with Crippen molar-refractivity contribution in [2.45, 2.75) is 19.8 Å². The number of hydrogen-bond donors (Lipinski definition) is 1. The highest BCUT2D eigenvalue weighted by Crippen LogP contribution is 2.25. The standard InChI is InChI=1S/C18H22FN3O2/c1-2-8-24-12-13-6-7-22(11-13)18(23)16-10-20-21-17(16)14-4-3-5-15(19)9-14/h3-5,9-10,13H,2,6-8,11-12H2,1H3,(H,20,21). The molecule has 2 heterocycles. The van der Waals surface area contributed by atoms with Crippen LogP contribution >= 0.6 is 0 Å². The second kappa shape index (κ2) is 7.57. The lowest BCUT2D eigenvalue weighted by molar-refractivity contribution is 0.0755. The summed E-state index contributed by atoms with van der Waals surface area (Å²) in [5.41, 5.74) is 1.67. The first kappa shape index (κ1) is 16.6. The van der Waals surface area contributed by atoms with Gasteiger partial charge in [0, 0.05) is 31.2 Å². The lowest BCUT2D eigenvalue weighted by Gasteiger charge is -2.16. The summed E-state index contributed by atoms with van der Waals surface area (Å²) in [7, 11) is 0. The number of likely N-dealkylation sites (tertiary alicyclic amines) is 1. The van der Waals surface area contributed by atoms with Gasteiger partial charge in [0.1, 0.15) is 5.82 Å². The molecule has 5 nitrogen and oxygen atoms in total. The Morgan fingerprint density at radius 3 is 3.17 bits per heavy atom. The molecule has 1 N–H and O–H groups in total. The van der Waals surface area contributed by atoms with Gasteiger partial charge < -0.3 is 9.64 Å². The third kappa shape index (κ3) is 3.64. The minimum absolute atomic E-state index is 0.0685. The highest BCUT2D eigenvalue weighted by Gasteiger charge is 2.29. The number of rotatable bonds is 6. The van der Waals surface area contributed by atoms with Crippen molar-refractivity contribution in [3.05, 3.63) is 41.8 Å². The van der Waals surface area contributed by atoms with E-state index in [4.69, 9.17) is 4.74 Å². The number of aromatic amines is 1. The fourth-order valence-corrected chi connectivity index (χ4v) is 3.03. The summed E-state index contributed by atoms with van der Waals surface area (Å²) in [4.78, 5) is 14.6. The molecule has 2 aromatic rings. The first-order valence-electron chi connectivity index (χ1n) is 8.35. The van der Waals surface area contributed by atoms with Gasteiger partial charge in [-0.15, -0.1) is 0 Å². The molecular formula is C18H22FN3O2. The van der Waals surface area contributed by atoms with Gasteiger partial charge in [-0.3, -0.25) is 9.89 Å². The van der Waals surface area contributed by atoms with Crippen LogP contribution in [0.25, 0.3) is 11.3 Å². The zero-order valence-electron chi connectivity index (χ0n) is 13.8. The molecule has 1 saturated heterocycles. The summed E-state index contributed by atoms with van der Waals surface area (Å²) >= 11 is 0. The van der Waals surface area contributed by atoms with Crippen molar-refractivity contribution in [2.75, 3.05) is 26.3 Å². The van der Waals surface area contributed by atoms with Crippen molar-refractivity contribution in [3.8, 4) is 11.3 Å². The zero-order valence-corrected chi connectivity index (χ0v) is 13.8. The lowest BCUT2D eigenvalue weighted by Crippen LogP contribution is -2.29. The summed E-state index contributed by atoms with van der Waals surface area (Å²) in [6.07, 6.45) is 3.47. The fraction of sp³-hybridized carbons (Fsp3) is 0.444. The van der Waals surface area contributed by atoms with Crippen molar-refractivity contribution in [3.63, 3.8) is 0 Å². The number of benzene rings is 1. The second-order valence-electron chi connectivity index (χ2n) is 6.15.